The first kappa shape index (κ1) is 42.1. The second-order valence-electron chi connectivity index (χ2n) is 12.3. The minimum Gasteiger partial charge on any atom is -1.00 e. The van der Waals surface area contributed by atoms with Crippen molar-refractivity contribution in [3.05, 3.63) is 70.8 Å². The summed E-state index contributed by atoms with van der Waals surface area (Å²) >= 11 is 0. The van der Waals surface area contributed by atoms with Gasteiger partial charge in [-0.15, -0.1) is 0 Å². The lowest BCUT2D eigenvalue weighted by Gasteiger charge is -2.25. The molecule has 0 radical (unpaired) electrons. The number of benzene rings is 2. The molecule has 0 aliphatic carbocycles. The van der Waals surface area contributed by atoms with E-state index in [9.17, 15) is 0 Å². The summed E-state index contributed by atoms with van der Waals surface area (Å²) in [5, 5.41) is 15.1. The van der Waals surface area contributed by atoms with Crippen LogP contribution in [-0.4, -0.2) is 105 Å². The molecule has 12 heteroatoms. The van der Waals surface area contributed by atoms with Gasteiger partial charge in [-0.3, -0.25) is 0 Å². The third-order valence-electron chi connectivity index (χ3n) is 9.11. The monoisotopic (exact) mass is 868 g/mol. The molecular weight excluding hydrogens is 816 g/mol. The molecule has 0 aromatic heterocycles. The molecule has 0 saturated carbocycles. The van der Waals surface area contributed by atoms with Gasteiger partial charge in [-0.1, -0.05) is 48.5 Å². The zero-order valence-electron chi connectivity index (χ0n) is 26.3. The maximum atomic E-state index is 3.77. The van der Waals surface area contributed by atoms with E-state index in [-0.39, 0.29) is 67.9 Å². The predicted molar refractivity (Wildman–Crippen MR) is 162 cm³/mol. The number of rotatable bonds is 0. The van der Waals surface area contributed by atoms with Crippen LogP contribution >= 0.6 is 0 Å². The molecule has 0 atom stereocenters. The van der Waals surface area contributed by atoms with Crippen LogP contribution in [-0.2, 0) is 26.2 Å². The Morgan fingerprint density at radius 3 is 0.614 bits per heavy atom. The Hall–Kier alpha value is 0.0400. The second-order valence-corrected chi connectivity index (χ2v) is 12.3. The van der Waals surface area contributed by atoms with Gasteiger partial charge in [0.1, 0.15) is 26.2 Å². The maximum absolute atomic E-state index is 3.77. The lowest BCUT2D eigenvalue weighted by Crippen LogP contribution is -3.13. The number of halogens is 4. The highest BCUT2D eigenvalue weighted by Crippen LogP contribution is 2.03. The molecular formula is C32H56Br4N8. The molecule has 12 aliphatic rings. The van der Waals surface area contributed by atoms with Gasteiger partial charge in [0.25, 0.3) is 0 Å². The number of hydrogen-bond donors (Lipinski definition) is 8. The summed E-state index contributed by atoms with van der Waals surface area (Å²) in [6.45, 7) is 22.6. The number of hydrogen-bond acceptors (Lipinski definition) is 4. The van der Waals surface area contributed by atoms with Gasteiger partial charge in [-0.2, -0.15) is 0 Å². The molecule has 44 heavy (non-hydrogen) atoms. The second kappa shape index (κ2) is 24.2. The molecule has 0 amide bonds. The Balaban J connectivity index is 0.00000242. The number of nitrogens with one attached hydrogen (secondary N) is 8. The van der Waals surface area contributed by atoms with Crippen molar-refractivity contribution in [2.24, 2.45) is 0 Å². The van der Waals surface area contributed by atoms with Crippen LogP contribution in [0.4, 0.5) is 0 Å². The van der Waals surface area contributed by atoms with E-state index < -0.39 is 0 Å². The minimum atomic E-state index is 0. The molecule has 2 aromatic carbocycles. The predicted octanol–water partition coefficient (Wildman–Crippen LogP) is -16.7. The summed E-state index contributed by atoms with van der Waals surface area (Å²) in [6.07, 6.45) is 0. The van der Waals surface area contributed by atoms with E-state index in [1.165, 1.54) is 74.6 Å². The topological polar surface area (TPSA) is 65.9 Å². The van der Waals surface area contributed by atoms with Crippen LogP contribution in [0.5, 0.6) is 0 Å². The quantitative estimate of drug-likeness (QED) is 0.136. The molecule has 2 fully saturated rings. The van der Waals surface area contributed by atoms with Crippen molar-refractivity contribution in [3.63, 3.8) is 0 Å². The summed E-state index contributed by atoms with van der Waals surface area (Å²) < 4.78 is 0. The van der Waals surface area contributed by atoms with Gasteiger partial charge in [0, 0.05) is 74.6 Å². The molecule has 2 saturated heterocycles. The van der Waals surface area contributed by atoms with Gasteiger partial charge in [0.2, 0.25) is 0 Å². The van der Waals surface area contributed by atoms with Gasteiger partial charge in [0.15, 0.2) is 0 Å². The Morgan fingerprint density at radius 2 is 0.455 bits per heavy atom. The van der Waals surface area contributed by atoms with Crippen molar-refractivity contribution >= 4 is 0 Å². The van der Waals surface area contributed by atoms with Crippen LogP contribution < -0.4 is 109 Å². The zero-order valence-corrected chi connectivity index (χ0v) is 32.6. The van der Waals surface area contributed by atoms with Gasteiger partial charge < -0.3 is 109 Å². The molecule has 0 unspecified atom stereocenters. The standard InChI is InChI=1S/C32H52N8.4BrH/c1-2-30-4-3-29(1)25-37-17-9-33-13-21-39(22-14-34-10-18-37)27-31-5-7-32(8-6-31)28-40-23-15-35-11-19-38(26-30)20-12-36-16-24-40;;;;/h1-8,33-36H,9-28H2;4*1H. The average molecular weight is 872 g/mol. The molecule has 0 spiro atoms. The third-order valence-corrected chi connectivity index (χ3v) is 9.11. The van der Waals surface area contributed by atoms with Gasteiger partial charge >= 0.3 is 0 Å². The van der Waals surface area contributed by atoms with E-state index >= 15 is 0 Å². The zero-order chi connectivity index (χ0) is 27.2. The average Bonchev–Trinajstić information content (AvgIpc) is 2.95. The fourth-order valence-electron chi connectivity index (χ4n) is 6.53. The fourth-order valence-corrected chi connectivity index (χ4v) is 6.53. The largest absolute Gasteiger partial charge is 1.00 e. The smallest absolute Gasteiger partial charge is 0.103 e. The van der Waals surface area contributed by atoms with Crippen molar-refractivity contribution in [2.75, 3.05) is 105 Å². The summed E-state index contributed by atoms with van der Waals surface area (Å²) in [7, 11) is 0. The summed E-state index contributed by atoms with van der Waals surface area (Å²) in [5.41, 5.74) is 5.86. The fraction of sp³-hybridized carbons (Fsp3) is 0.625. The van der Waals surface area contributed by atoms with Crippen molar-refractivity contribution in [1.29, 1.82) is 0 Å². The summed E-state index contributed by atoms with van der Waals surface area (Å²) in [4.78, 5) is 6.69. The van der Waals surface area contributed by atoms with Crippen LogP contribution in [0, 0.1) is 0 Å². The van der Waals surface area contributed by atoms with Gasteiger partial charge in [-0.05, 0) is 0 Å². The van der Waals surface area contributed by atoms with E-state index in [4.69, 9.17) is 0 Å². The highest BCUT2D eigenvalue weighted by atomic mass is 79.9. The van der Waals surface area contributed by atoms with Crippen molar-refractivity contribution in [1.82, 2.24) is 21.3 Å². The van der Waals surface area contributed by atoms with Crippen LogP contribution in [0.1, 0.15) is 22.3 Å². The molecule has 12 heterocycles. The third kappa shape index (κ3) is 15.3. The maximum Gasteiger partial charge on any atom is 0.103 e. The van der Waals surface area contributed by atoms with Crippen molar-refractivity contribution in [2.45, 2.75) is 26.2 Å². The Labute approximate surface area is 308 Å². The molecule has 8 N–H and O–H groups in total. The Bertz CT molecular complexity index is 804. The molecule has 14 rings (SSSR count). The summed E-state index contributed by atoms with van der Waals surface area (Å²) in [5.74, 6) is 0. The normalized spacial score (nSPS) is 26.0. The first-order valence-electron chi connectivity index (χ1n) is 16.1. The molecule has 252 valence electrons. The lowest BCUT2D eigenvalue weighted by molar-refractivity contribution is -0.915. The summed E-state index contributed by atoms with van der Waals surface area (Å²) in [6, 6.07) is 19.1. The number of quaternary nitrogens is 4. The first-order chi connectivity index (χ1) is 19.8. The Kier molecular flexibility index (Phi) is 23.2. The van der Waals surface area contributed by atoms with Crippen molar-refractivity contribution in [3.8, 4) is 0 Å². The van der Waals surface area contributed by atoms with E-state index in [1.807, 2.05) is 0 Å². The Morgan fingerprint density at radius 1 is 0.295 bits per heavy atom. The highest BCUT2D eigenvalue weighted by Gasteiger charge is 2.17. The molecule has 2 aromatic rings. The molecule has 8 nitrogen and oxygen atoms in total. The van der Waals surface area contributed by atoms with Gasteiger partial charge in [-0.25, -0.2) is 0 Å². The molecule has 12 aliphatic heterocycles. The van der Waals surface area contributed by atoms with Crippen molar-refractivity contribution < 1.29 is 87.5 Å². The van der Waals surface area contributed by atoms with E-state index in [2.05, 4.69) is 69.8 Å². The van der Waals surface area contributed by atoms with Gasteiger partial charge in [0.05, 0.1) is 52.4 Å². The van der Waals surface area contributed by atoms with Crippen LogP contribution in [0.3, 0.4) is 0 Å². The minimum absolute atomic E-state index is 0. The SMILES string of the molecule is [Br-].[Br-].[Br-].[Br-].c1cc2ccc1C[NH+]1CCNCC[NH+](CCNCC1)Cc1ccc(cc1)C[NH+]1CCNCC[NH+](CCNCC1)C2. The van der Waals surface area contributed by atoms with E-state index in [1.54, 1.807) is 19.6 Å². The van der Waals surface area contributed by atoms with Crippen LogP contribution in [0.15, 0.2) is 48.5 Å². The molecule has 8 bridgehead atoms. The van der Waals surface area contributed by atoms with E-state index in [0.717, 1.165) is 78.5 Å². The van der Waals surface area contributed by atoms with Crippen LogP contribution in [0.2, 0.25) is 0 Å². The van der Waals surface area contributed by atoms with Crippen LogP contribution in [0.25, 0.3) is 0 Å². The first-order valence-corrected chi connectivity index (χ1v) is 16.1. The lowest BCUT2D eigenvalue weighted by atomic mass is 10.1. The highest BCUT2D eigenvalue weighted by molar-refractivity contribution is 5.22. The van der Waals surface area contributed by atoms with E-state index in [0.29, 0.717) is 0 Å².